The van der Waals surface area contributed by atoms with Crippen molar-refractivity contribution >= 4 is 10.0 Å². The fraction of sp³-hybridized carbons (Fsp3) is 0.429. The smallest absolute Gasteiger partial charge is 0.246 e. The van der Waals surface area contributed by atoms with Crippen molar-refractivity contribution in [2.24, 2.45) is 0 Å². The van der Waals surface area contributed by atoms with Crippen molar-refractivity contribution < 1.29 is 17.9 Å². The molecule has 2 aromatic carbocycles. The van der Waals surface area contributed by atoms with Crippen LogP contribution in [0.3, 0.4) is 0 Å². The van der Waals surface area contributed by atoms with Gasteiger partial charge in [-0.05, 0) is 37.1 Å². The normalized spacial score (nSPS) is 16.1. The predicted octanol–water partition coefficient (Wildman–Crippen LogP) is 2.64. The minimum absolute atomic E-state index is 0.159. The summed E-state index contributed by atoms with van der Waals surface area (Å²) in [6.45, 7) is 3.41. The summed E-state index contributed by atoms with van der Waals surface area (Å²) in [7, 11) is -0.625. The van der Waals surface area contributed by atoms with E-state index in [1.54, 1.807) is 12.1 Å². The molecule has 0 unspecified atom stereocenters. The predicted molar refractivity (Wildman–Crippen MR) is 110 cm³/mol. The topological polar surface area (TPSA) is 59.1 Å². The highest BCUT2D eigenvalue weighted by Crippen LogP contribution is 2.31. The lowest BCUT2D eigenvalue weighted by atomic mass is 10.1. The van der Waals surface area contributed by atoms with Crippen LogP contribution in [0.1, 0.15) is 12.0 Å². The second-order valence-corrected chi connectivity index (χ2v) is 8.76. The molecule has 0 aromatic heterocycles. The largest absolute Gasteiger partial charge is 0.497 e. The molecule has 0 radical (unpaired) electrons. The summed E-state index contributed by atoms with van der Waals surface area (Å²) < 4.78 is 38.2. The highest BCUT2D eigenvalue weighted by molar-refractivity contribution is 7.89. The van der Waals surface area contributed by atoms with Crippen LogP contribution in [0.2, 0.25) is 0 Å². The first-order valence-electron chi connectivity index (χ1n) is 9.53. The third-order valence-corrected chi connectivity index (χ3v) is 7.02. The third kappa shape index (κ3) is 4.84. The van der Waals surface area contributed by atoms with E-state index in [4.69, 9.17) is 9.47 Å². The molecule has 6 nitrogen and oxygen atoms in total. The second kappa shape index (κ2) is 9.41. The van der Waals surface area contributed by atoms with Crippen LogP contribution >= 0.6 is 0 Å². The van der Waals surface area contributed by atoms with Crippen LogP contribution in [-0.4, -0.2) is 64.6 Å². The van der Waals surface area contributed by atoms with Crippen molar-refractivity contribution in [3.63, 3.8) is 0 Å². The molecule has 7 heteroatoms. The SMILES string of the molecule is COc1ccc(OC)c(S(=O)(=O)N2CCN(CCCc3ccccc3)CC2)c1. The van der Waals surface area contributed by atoms with Gasteiger partial charge in [0, 0.05) is 32.2 Å². The van der Waals surface area contributed by atoms with E-state index < -0.39 is 10.0 Å². The first-order chi connectivity index (χ1) is 13.5. The van der Waals surface area contributed by atoms with Crippen molar-refractivity contribution in [3.05, 3.63) is 54.1 Å². The molecular weight excluding hydrogens is 376 g/mol. The monoisotopic (exact) mass is 404 g/mol. The summed E-state index contributed by atoms with van der Waals surface area (Å²) in [5, 5.41) is 0. The lowest BCUT2D eigenvalue weighted by molar-refractivity contribution is 0.186. The highest BCUT2D eigenvalue weighted by atomic mass is 32.2. The summed E-state index contributed by atoms with van der Waals surface area (Å²) in [5.74, 6) is 0.838. The van der Waals surface area contributed by atoms with Gasteiger partial charge in [-0.1, -0.05) is 30.3 Å². The highest BCUT2D eigenvalue weighted by Gasteiger charge is 2.31. The van der Waals surface area contributed by atoms with Gasteiger partial charge < -0.3 is 14.4 Å². The Bertz CT molecular complexity index is 863. The van der Waals surface area contributed by atoms with Crippen LogP contribution in [-0.2, 0) is 16.4 Å². The van der Waals surface area contributed by atoms with E-state index in [0.717, 1.165) is 32.5 Å². The van der Waals surface area contributed by atoms with Crippen molar-refractivity contribution in [2.75, 3.05) is 46.9 Å². The number of hydrogen-bond acceptors (Lipinski definition) is 5. The van der Waals surface area contributed by atoms with Crippen molar-refractivity contribution in [1.29, 1.82) is 0 Å². The maximum atomic E-state index is 13.1. The molecular formula is C21H28N2O4S. The van der Waals surface area contributed by atoms with Gasteiger partial charge in [-0.15, -0.1) is 0 Å². The van der Waals surface area contributed by atoms with Crippen LogP contribution in [0.5, 0.6) is 11.5 Å². The van der Waals surface area contributed by atoms with E-state index in [-0.39, 0.29) is 4.90 Å². The van der Waals surface area contributed by atoms with Crippen LogP contribution in [0.4, 0.5) is 0 Å². The Morgan fingerprint density at radius 1 is 0.929 bits per heavy atom. The summed E-state index contributed by atoms with van der Waals surface area (Å²) >= 11 is 0. The zero-order valence-electron chi connectivity index (χ0n) is 16.5. The van der Waals surface area contributed by atoms with Crippen molar-refractivity contribution in [3.8, 4) is 11.5 Å². The molecule has 152 valence electrons. The number of sulfonamides is 1. The fourth-order valence-electron chi connectivity index (χ4n) is 3.47. The summed E-state index contributed by atoms with van der Waals surface area (Å²) in [6, 6.07) is 15.3. The van der Waals surface area contributed by atoms with Crippen LogP contribution in [0.25, 0.3) is 0 Å². The van der Waals surface area contributed by atoms with Gasteiger partial charge in [0.2, 0.25) is 10.0 Å². The summed E-state index contributed by atoms with van der Waals surface area (Å²) in [6.07, 6.45) is 2.11. The first-order valence-corrected chi connectivity index (χ1v) is 11.0. The summed E-state index contributed by atoms with van der Waals surface area (Å²) in [4.78, 5) is 2.49. The van der Waals surface area contributed by atoms with E-state index in [9.17, 15) is 8.42 Å². The Hall–Kier alpha value is -2.09. The molecule has 2 aromatic rings. The molecule has 0 saturated carbocycles. The number of rotatable bonds is 8. The van der Waals surface area contributed by atoms with E-state index in [1.807, 2.05) is 6.07 Å². The van der Waals surface area contributed by atoms with Gasteiger partial charge >= 0.3 is 0 Å². The second-order valence-electron chi connectivity index (χ2n) is 6.85. The zero-order valence-corrected chi connectivity index (χ0v) is 17.3. The standard InChI is InChI=1S/C21H28N2O4S/c1-26-19-10-11-20(27-2)21(17-19)28(24,25)23-15-13-22(14-16-23)12-6-9-18-7-4-3-5-8-18/h3-5,7-8,10-11,17H,6,9,12-16H2,1-2H3. The third-order valence-electron chi connectivity index (χ3n) is 5.10. The molecule has 1 heterocycles. The lowest BCUT2D eigenvalue weighted by Gasteiger charge is -2.34. The molecule has 1 aliphatic heterocycles. The Labute approximate surface area is 167 Å². The average Bonchev–Trinajstić information content (AvgIpc) is 2.74. The van der Waals surface area contributed by atoms with Crippen LogP contribution < -0.4 is 9.47 Å². The van der Waals surface area contributed by atoms with Gasteiger partial charge in [0.25, 0.3) is 0 Å². The molecule has 1 saturated heterocycles. The lowest BCUT2D eigenvalue weighted by Crippen LogP contribution is -2.48. The molecule has 3 rings (SSSR count). The van der Waals surface area contributed by atoms with Gasteiger partial charge in [0.05, 0.1) is 14.2 Å². The Morgan fingerprint density at radius 3 is 2.29 bits per heavy atom. The van der Waals surface area contributed by atoms with Crippen molar-refractivity contribution in [1.82, 2.24) is 9.21 Å². The Balaban J connectivity index is 1.58. The molecule has 0 spiro atoms. The van der Waals surface area contributed by atoms with Crippen molar-refractivity contribution in [2.45, 2.75) is 17.7 Å². The molecule has 28 heavy (non-hydrogen) atoms. The molecule has 0 amide bonds. The molecule has 0 atom stereocenters. The number of methoxy groups -OCH3 is 2. The van der Waals surface area contributed by atoms with Gasteiger partial charge in [0.15, 0.2) is 0 Å². The zero-order chi connectivity index (χ0) is 20.0. The fourth-order valence-corrected chi connectivity index (χ4v) is 5.06. The van der Waals surface area contributed by atoms with Crippen LogP contribution in [0, 0.1) is 0 Å². The minimum atomic E-state index is -3.62. The quantitative estimate of drug-likeness (QED) is 0.677. The summed E-state index contributed by atoms with van der Waals surface area (Å²) in [5.41, 5.74) is 1.34. The first kappa shape index (κ1) is 20.6. The van der Waals surface area contributed by atoms with Gasteiger partial charge in [-0.25, -0.2) is 8.42 Å². The Kier molecular flexibility index (Phi) is 6.93. The number of benzene rings is 2. The molecule has 1 fully saturated rings. The molecule has 0 aliphatic carbocycles. The van der Waals surface area contributed by atoms with E-state index in [0.29, 0.717) is 24.6 Å². The average molecular weight is 405 g/mol. The van der Waals surface area contributed by atoms with Gasteiger partial charge in [-0.2, -0.15) is 4.31 Å². The van der Waals surface area contributed by atoms with Crippen LogP contribution in [0.15, 0.2) is 53.4 Å². The molecule has 1 aliphatic rings. The Morgan fingerprint density at radius 2 is 1.64 bits per heavy atom. The van der Waals surface area contributed by atoms with E-state index in [1.165, 1.54) is 30.2 Å². The van der Waals surface area contributed by atoms with Gasteiger partial charge in [-0.3, -0.25) is 0 Å². The number of ether oxygens (including phenoxy) is 2. The van der Waals surface area contributed by atoms with E-state index >= 15 is 0 Å². The molecule has 0 N–H and O–H groups in total. The number of hydrogen-bond donors (Lipinski definition) is 0. The number of aryl methyl sites for hydroxylation is 1. The molecule has 0 bridgehead atoms. The number of nitrogens with zero attached hydrogens (tertiary/aromatic N) is 2. The van der Waals surface area contributed by atoms with Gasteiger partial charge in [0.1, 0.15) is 16.4 Å². The maximum absolute atomic E-state index is 13.1. The minimum Gasteiger partial charge on any atom is -0.497 e. The maximum Gasteiger partial charge on any atom is 0.246 e. The number of piperazine rings is 1. The van der Waals surface area contributed by atoms with E-state index in [2.05, 4.69) is 29.2 Å².